The van der Waals surface area contributed by atoms with Crippen LogP contribution in [0.4, 0.5) is 5.69 Å². The number of hydrogen-bond donors (Lipinski definition) is 0. The molecule has 0 atom stereocenters. The predicted molar refractivity (Wildman–Crippen MR) is 70.5 cm³/mol. The minimum atomic E-state index is 0.611. The lowest BCUT2D eigenvalue weighted by Gasteiger charge is -2.20. The zero-order chi connectivity index (χ0) is 12.7. The summed E-state index contributed by atoms with van der Waals surface area (Å²) < 4.78 is 5.51. The molecule has 0 spiro atoms. The van der Waals surface area contributed by atoms with E-state index in [1.54, 1.807) is 0 Å². The highest BCUT2D eigenvalue weighted by atomic mass is 16.5. The Morgan fingerprint density at radius 1 is 1.41 bits per heavy atom. The maximum atomic E-state index is 8.50. The second-order valence-corrected chi connectivity index (χ2v) is 4.07. The van der Waals surface area contributed by atoms with Crippen LogP contribution in [0.5, 0.6) is 5.75 Å². The van der Waals surface area contributed by atoms with Crippen LogP contribution >= 0.6 is 0 Å². The average Bonchev–Trinajstić information content (AvgIpc) is 2.32. The highest BCUT2D eigenvalue weighted by Crippen LogP contribution is 2.24. The predicted octanol–water partition coefficient (Wildman–Crippen LogP) is 3.13. The monoisotopic (exact) mass is 232 g/mol. The first-order valence-corrected chi connectivity index (χ1v) is 6.00. The Labute approximate surface area is 104 Å². The molecule has 0 saturated heterocycles. The lowest BCUT2D eigenvalue weighted by Crippen LogP contribution is -2.18. The molecule has 0 aliphatic rings. The van der Waals surface area contributed by atoms with Gasteiger partial charge < -0.3 is 9.64 Å². The van der Waals surface area contributed by atoms with E-state index in [1.165, 1.54) is 5.69 Å². The van der Waals surface area contributed by atoms with Gasteiger partial charge in [-0.05, 0) is 44.0 Å². The van der Waals surface area contributed by atoms with E-state index in [-0.39, 0.29) is 0 Å². The Morgan fingerprint density at radius 2 is 2.18 bits per heavy atom. The molecule has 0 unspecified atom stereocenters. The molecule has 0 aliphatic carbocycles. The van der Waals surface area contributed by atoms with Crippen LogP contribution in [0.1, 0.15) is 25.3 Å². The third-order valence-electron chi connectivity index (χ3n) is 2.68. The Morgan fingerprint density at radius 3 is 2.76 bits per heavy atom. The van der Waals surface area contributed by atoms with Crippen LogP contribution in [-0.4, -0.2) is 20.2 Å². The normalized spacial score (nSPS) is 9.76. The van der Waals surface area contributed by atoms with Crippen molar-refractivity contribution in [3.8, 4) is 11.8 Å². The molecule has 0 amide bonds. The van der Waals surface area contributed by atoms with Gasteiger partial charge in [-0.15, -0.1) is 0 Å². The van der Waals surface area contributed by atoms with Gasteiger partial charge in [-0.1, -0.05) is 0 Å². The van der Waals surface area contributed by atoms with Gasteiger partial charge in [0.05, 0.1) is 12.7 Å². The Kier molecular flexibility index (Phi) is 5.35. The lowest BCUT2D eigenvalue weighted by molar-refractivity contribution is 0.338. The van der Waals surface area contributed by atoms with Gasteiger partial charge in [0, 0.05) is 25.7 Å². The van der Waals surface area contributed by atoms with Crippen molar-refractivity contribution in [3.63, 3.8) is 0 Å². The van der Waals surface area contributed by atoms with Gasteiger partial charge in [-0.2, -0.15) is 5.26 Å². The van der Waals surface area contributed by atoms with Crippen molar-refractivity contribution in [2.24, 2.45) is 0 Å². The molecule has 1 aromatic rings. The number of benzene rings is 1. The van der Waals surface area contributed by atoms with Crippen molar-refractivity contribution in [1.82, 2.24) is 0 Å². The molecule has 0 fully saturated rings. The van der Waals surface area contributed by atoms with E-state index in [4.69, 9.17) is 10.00 Å². The summed E-state index contributed by atoms with van der Waals surface area (Å²) >= 11 is 0. The molecular formula is C14H20N2O. The Balaban J connectivity index is 2.65. The first kappa shape index (κ1) is 13.4. The summed E-state index contributed by atoms with van der Waals surface area (Å²) in [7, 11) is 2.05. The summed E-state index contributed by atoms with van der Waals surface area (Å²) in [5.41, 5.74) is 2.32. The summed E-state index contributed by atoms with van der Waals surface area (Å²) in [6.45, 7) is 5.64. The van der Waals surface area contributed by atoms with Crippen molar-refractivity contribution >= 4 is 5.69 Å². The molecule has 0 N–H and O–H groups in total. The van der Waals surface area contributed by atoms with Gasteiger partial charge in [0.2, 0.25) is 0 Å². The zero-order valence-corrected chi connectivity index (χ0v) is 10.9. The molecule has 0 radical (unpaired) electrons. The number of nitrogens with zero attached hydrogens (tertiary/aromatic N) is 2. The van der Waals surface area contributed by atoms with E-state index in [0.29, 0.717) is 13.0 Å². The fourth-order valence-corrected chi connectivity index (χ4v) is 1.71. The van der Waals surface area contributed by atoms with Crippen LogP contribution < -0.4 is 9.64 Å². The number of nitriles is 1. The Bertz CT molecular complexity index is 396. The molecule has 3 nitrogen and oxygen atoms in total. The van der Waals surface area contributed by atoms with Crippen LogP contribution in [0.3, 0.4) is 0 Å². The maximum Gasteiger partial charge on any atom is 0.122 e. The molecule has 0 bridgehead atoms. The number of unbranched alkanes of at least 4 members (excludes halogenated alkanes) is 1. The van der Waals surface area contributed by atoms with Gasteiger partial charge in [-0.25, -0.2) is 0 Å². The third kappa shape index (κ3) is 3.99. The van der Waals surface area contributed by atoms with Crippen molar-refractivity contribution in [1.29, 1.82) is 5.26 Å². The van der Waals surface area contributed by atoms with Crippen LogP contribution in [0.15, 0.2) is 18.2 Å². The third-order valence-corrected chi connectivity index (χ3v) is 2.68. The van der Waals surface area contributed by atoms with Crippen LogP contribution in [0.25, 0.3) is 0 Å². The van der Waals surface area contributed by atoms with E-state index >= 15 is 0 Å². The molecule has 1 rings (SSSR count). The van der Waals surface area contributed by atoms with E-state index < -0.39 is 0 Å². The average molecular weight is 232 g/mol. The van der Waals surface area contributed by atoms with Gasteiger partial charge in [-0.3, -0.25) is 0 Å². The summed E-state index contributed by atoms with van der Waals surface area (Å²) in [6.07, 6.45) is 1.51. The molecular weight excluding hydrogens is 212 g/mol. The van der Waals surface area contributed by atoms with Crippen LogP contribution in [0, 0.1) is 18.3 Å². The second kappa shape index (κ2) is 6.80. The van der Waals surface area contributed by atoms with E-state index in [9.17, 15) is 0 Å². The van der Waals surface area contributed by atoms with Gasteiger partial charge >= 0.3 is 0 Å². The maximum absolute atomic E-state index is 8.50. The van der Waals surface area contributed by atoms with Gasteiger partial charge in [0.1, 0.15) is 5.75 Å². The number of rotatable bonds is 6. The largest absolute Gasteiger partial charge is 0.494 e. The molecule has 0 saturated carbocycles. The van der Waals surface area contributed by atoms with E-state index in [2.05, 4.69) is 30.0 Å². The summed E-state index contributed by atoms with van der Waals surface area (Å²) in [6, 6.07) is 8.36. The minimum Gasteiger partial charge on any atom is -0.494 e. The molecule has 0 aromatic heterocycles. The molecule has 1 aromatic carbocycles. The topological polar surface area (TPSA) is 36.3 Å². The fourth-order valence-electron chi connectivity index (χ4n) is 1.71. The number of aryl methyl sites for hydroxylation is 1. The Hall–Kier alpha value is -1.69. The first-order valence-electron chi connectivity index (χ1n) is 6.00. The summed E-state index contributed by atoms with van der Waals surface area (Å²) in [4.78, 5) is 2.17. The van der Waals surface area contributed by atoms with Crippen LogP contribution in [-0.2, 0) is 0 Å². The highest BCUT2D eigenvalue weighted by Gasteiger charge is 2.04. The minimum absolute atomic E-state index is 0.611. The lowest BCUT2D eigenvalue weighted by atomic mass is 10.2. The van der Waals surface area contributed by atoms with Gasteiger partial charge in [0.15, 0.2) is 0 Å². The fraction of sp³-hybridized carbons (Fsp3) is 0.500. The van der Waals surface area contributed by atoms with Gasteiger partial charge in [0.25, 0.3) is 0 Å². The quantitative estimate of drug-likeness (QED) is 0.707. The molecule has 0 heterocycles. The highest BCUT2D eigenvalue weighted by molar-refractivity contribution is 5.52. The molecule has 3 heteroatoms. The molecule has 0 aliphatic heterocycles. The van der Waals surface area contributed by atoms with Crippen molar-refractivity contribution in [3.05, 3.63) is 23.8 Å². The SMILES string of the molecule is CCOc1ccc(N(C)CCCC#N)cc1C. The van der Waals surface area contributed by atoms with E-state index in [1.807, 2.05) is 20.0 Å². The van der Waals surface area contributed by atoms with Crippen molar-refractivity contribution < 1.29 is 4.74 Å². The number of hydrogen-bond acceptors (Lipinski definition) is 3. The summed E-state index contributed by atoms with van der Waals surface area (Å²) in [5.74, 6) is 0.946. The second-order valence-electron chi connectivity index (χ2n) is 4.07. The number of anilines is 1. The van der Waals surface area contributed by atoms with Crippen LogP contribution in [0.2, 0.25) is 0 Å². The molecule has 92 valence electrons. The summed E-state index contributed by atoms with van der Waals surface area (Å²) in [5, 5.41) is 8.50. The first-order chi connectivity index (χ1) is 8.19. The standard InChI is InChI=1S/C14H20N2O/c1-4-17-14-8-7-13(11-12(14)2)16(3)10-6-5-9-15/h7-8,11H,4-6,10H2,1-3H3. The number of ether oxygens (including phenoxy) is 1. The smallest absolute Gasteiger partial charge is 0.122 e. The van der Waals surface area contributed by atoms with E-state index in [0.717, 1.165) is 24.3 Å². The zero-order valence-electron chi connectivity index (χ0n) is 10.9. The van der Waals surface area contributed by atoms with Crippen molar-refractivity contribution in [2.75, 3.05) is 25.1 Å². The molecule has 17 heavy (non-hydrogen) atoms. The van der Waals surface area contributed by atoms with Crippen molar-refractivity contribution in [2.45, 2.75) is 26.7 Å².